The average Bonchev–Trinajstić information content (AvgIpc) is 2.58. The quantitative estimate of drug-likeness (QED) is 0.581. The second-order valence-corrected chi connectivity index (χ2v) is 7.23. The van der Waals surface area contributed by atoms with E-state index in [0.717, 1.165) is 0 Å². The smallest absolute Gasteiger partial charge is 0.331 e. The lowest BCUT2D eigenvalue weighted by Crippen LogP contribution is -2.54. The van der Waals surface area contributed by atoms with Crippen LogP contribution in [0.2, 0.25) is 0 Å². The highest BCUT2D eigenvalue weighted by Crippen LogP contribution is 2.21. The van der Waals surface area contributed by atoms with E-state index >= 15 is 0 Å². The largest absolute Gasteiger partial charge is 0.478 e. The van der Waals surface area contributed by atoms with Gasteiger partial charge in [-0.1, -0.05) is 54.0 Å². The predicted octanol–water partition coefficient (Wildman–Crippen LogP) is 2.80. The van der Waals surface area contributed by atoms with Crippen LogP contribution in [0.4, 0.5) is 0 Å². The number of carbonyl (C=O) groups excluding carboxylic acids is 2. The van der Waals surface area contributed by atoms with Crippen molar-refractivity contribution in [2.75, 3.05) is 20.6 Å². The number of likely N-dealkylation sites (N-methyl/N-ethyl adjacent to an activating group) is 1. The monoisotopic (exact) mass is 387 g/mol. The fourth-order valence-corrected chi connectivity index (χ4v) is 1.78. The molecule has 27 heavy (non-hydrogen) atoms. The van der Waals surface area contributed by atoms with Crippen molar-refractivity contribution in [1.29, 1.82) is 0 Å². The topological polar surface area (TPSA) is 113 Å². The molecule has 0 aromatic heterocycles. The number of hydrogen-bond donors (Lipinski definition) is 3. The lowest BCUT2D eigenvalue weighted by atomic mass is 9.85. The number of aliphatic carboxylic acids is 1. The van der Waals surface area contributed by atoms with Crippen molar-refractivity contribution in [2.45, 2.75) is 73.8 Å². The lowest BCUT2D eigenvalue weighted by Gasteiger charge is -2.33. The molecule has 0 heterocycles. The molecule has 0 aliphatic heterocycles. The van der Waals surface area contributed by atoms with Crippen LogP contribution in [0, 0.1) is 5.41 Å². The highest BCUT2D eigenvalue weighted by Gasteiger charge is 2.34. The van der Waals surface area contributed by atoms with Crippen LogP contribution in [0.15, 0.2) is 11.6 Å². The van der Waals surface area contributed by atoms with Gasteiger partial charge < -0.3 is 21.1 Å². The summed E-state index contributed by atoms with van der Waals surface area (Å²) in [5, 5.41) is 11.6. The van der Waals surface area contributed by atoms with Gasteiger partial charge in [-0.2, -0.15) is 0 Å². The first-order valence-corrected chi connectivity index (χ1v) is 9.44. The molecule has 0 rings (SSSR count). The molecule has 0 spiro atoms. The van der Waals surface area contributed by atoms with Crippen LogP contribution in [0.3, 0.4) is 0 Å². The molecule has 0 aliphatic rings. The number of carboxylic acid groups (broad SMARTS) is 1. The van der Waals surface area contributed by atoms with Gasteiger partial charge in [0.2, 0.25) is 11.8 Å². The first-order chi connectivity index (χ1) is 12.4. The van der Waals surface area contributed by atoms with E-state index in [1.165, 1.54) is 31.4 Å². The Morgan fingerprint density at radius 3 is 1.93 bits per heavy atom. The maximum Gasteiger partial charge on any atom is 0.331 e. The van der Waals surface area contributed by atoms with E-state index in [1.807, 2.05) is 27.7 Å². The van der Waals surface area contributed by atoms with Crippen molar-refractivity contribution in [3.8, 4) is 0 Å². The summed E-state index contributed by atoms with van der Waals surface area (Å²) in [4.78, 5) is 36.5. The highest BCUT2D eigenvalue weighted by atomic mass is 16.4. The summed E-state index contributed by atoms with van der Waals surface area (Å²) in [6, 6.07) is -0.643. The first-order valence-electron chi connectivity index (χ1n) is 9.44. The number of nitrogens with one attached hydrogen (secondary N) is 1. The first kappa shape index (κ1) is 29.9. The van der Waals surface area contributed by atoms with Crippen LogP contribution in [0.25, 0.3) is 0 Å². The third-order valence-electron chi connectivity index (χ3n) is 3.28. The highest BCUT2D eigenvalue weighted by molar-refractivity contribution is 5.89. The number of carboxylic acids is 1. The van der Waals surface area contributed by atoms with Crippen LogP contribution in [-0.2, 0) is 14.4 Å². The van der Waals surface area contributed by atoms with Gasteiger partial charge >= 0.3 is 5.97 Å². The summed E-state index contributed by atoms with van der Waals surface area (Å²) >= 11 is 0. The van der Waals surface area contributed by atoms with E-state index in [2.05, 4.69) is 24.9 Å². The molecule has 0 aromatic carbocycles. The molecular formula is C20H41N3O4. The minimum atomic E-state index is -1.01. The maximum absolute atomic E-state index is 12.5. The van der Waals surface area contributed by atoms with Gasteiger partial charge in [0, 0.05) is 25.6 Å². The van der Waals surface area contributed by atoms with Crippen LogP contribution in [-0.4, -0.2) is 54.5 Å². The van der Waals surface area contributed by atoms with E-state index in [1.54, 1.807) is 7.05 Å². The number of carbonyl (C=O) groups is 3. The minimum Gasteiger partial charge on any atom is -0.478 e. The average molecular weight is 388 g/mol. The van der Waals surface area contributed by atoms with Crippen molar-refractivity contribution in [2.24, 2.45) is 11.1 Å². The number of amides is 2. The van der Waals surface area contributed by atoms with E-state index in [4.69, 9.17) is 5.11 Å². The van der Waals surface area contributed by atoms with Gasteiger partial charge in [0.25, 0.3) is 0 Å². The van der Waals surface area contributed by atoms with Crippen molar-refractivity contribution >= 4 is 17.8 Å². The Morgan fingerprint density at radius 1 is 1.15 bits per heavy atom. The molecule has 0 saturated heterocycles. The summed E-state index contributed by atoms with van der Waals surface area (Å²) < 4.78 is 0. The van der Waals surface area contributed by atoms with Crippen molar-refractivity contribution in [3.63, 3.8) is 0 Å². The van der Waals surface area contributed by atoms with E-state index < -0.39 is 17.4 Å². The maximum atomic E-state index is 12.5. The van der Waals surface area contributed by atoms with Gasteiger partial charge in [-0.05, 0) is 25.8 Å². The van der Waals surface area contributed by atoms with Gasteiger partial charge in [0.1, 0.15) is 6.04 Å². The minimum absolute atomic E-state index is 0.151. The summed E-state index contributed by atoms with van der Waals surface area (Å²) in [6.07, 6.45) is 3.82. The Morgan fingerprint density at radius 2 is 1.59 bits per heavy atom. The molecule has 0 aromatic rings. The number of rotatable bonds is 7. The zero-order valence-electron chi connectivity index (χ0n) is 18.7. The Balaban J connectivity index is -0.00000104. The van der Waals surface area contributed by atoms with E-state index in [-0.39, 0.29) is 23.9 Å². The van der Waals surface area contributed by atoms with Gasteiger partial charge in [0.05, 0.1) is 0 Å². The summed E-state index contributed by atoms with van der Waals surface area (Å²) in [6.45, 7) is 13.5. The van der Waals surface area contributed by atoms with Crippen LogP contribution in [0.5, 0.6) is 0 Å². The SMILES string of the molecule is CCC.CCCC(=O)NC(C(=O)N(C)C/C=C(\C)C(=O)O)C(C)(C)C.CN. The molecule has 160 valence electrons. The second-order valence-electron chi connectivity index (χ2n) is 7.23. The summed E-state index contributed by atoms with van der Waals surface area (Å²) in [5.41, 5.74) is 4.25. The van der Waals surface area contributed by atoms with Gasteiger partial charge in [0.15, 0.2) is 0 Å². The molecule has 0 radical (unpaired) electrons. The number of nitrogens with two attached hydrogens (primary N) is 1. The zero-order chi connectivity index (χ0) is 22.2. The Hall–Kier alpha value is -1.89. The lowest BCUT2D eigenvalue weighted by molar-refractivity contribution is -0.138. The molecule has 0 fully saturated rings. The normalized spacial score (nSPS) is 11.9. The standard InChI is InChI=1S/C16H28N2O4.C3H8.CH5N/c1-7-8-12(19)17-13(16(3,4)5)14(20)18(6)10-9-11(2)15(21)22;1-3-2;1-2/h9,13H,7-8,10H2,1-6H3,(H,17,19)(H,21,22);3H2,1-2H3;2H2,1H3/b11-9+;;. The van der Waals surface area contributed by atoms with Crippen LogP contribution < -0.4 is 11.1 Å². The third-order valence-corrected chi connectivity index (χ3v) is 3.28. The van der Waals surface area contributed by atoms with Crippen LogP contribution >= 0.6 is 0 Å². The fourth-order valence-electron chi connectivity index (χ4n) is 1.78. The Kier molecular flexibility index (Phi) is 18.0. The van der Waals surface area contributed by atoms with Gasteiger partial charge in [-0.15, -0.1) is 0 Å². The Labute approximate surface area is 165 Å². The molecule has 4 N–H and O–H groups in total. The molecule has 0 saturated carbocycles. The van der Waals surface area contributed by atoms with Gasteiger partial charge in [-0.25, -0.2) is 4.79 Å². The Bertz CT molecular complexity index is 468. The summed E-state index contributed by atoms with van der Waals surface area (Å²) in [5.74, 6) is -1.39. The van der Waals surface area contributed by atoms with Crippen molar-refractivity contribution in [3.05, 3.63) is 11.6 Å². The van der Waals surface area contributed by atoms with Crippen LogP contribution in [0.1, 0.15) is 67.7 Å². The molecule has 7 heteroatoms. The molecule has 2 amide bonds. The molecule has 0 aliphatic carbocycles. The second kappa shape index (κ2) is 16.3. The predicted molar refractivity (Wildman–Crippen MR) is 111 cm³/mol. The fraction of sp³-hybridized carbons (Fsp3) is 0.750. The zero-order valence-corrected chi connectivity index (χ0v) is 18.7. The molecule has 1 atom stereocenters. The van der Waals surface area contributed by atoms with E-state index in [9.17, 15) is 14.4 Å². The molecule has 1 unspecified atom stereocenters. The molecular weight excluding hydrogens is 346 g/mol. The van der Waals surface area contributed by atoms with Gasteiger partial charge in [-0.3, -0.25) is 9.59 Å². The summed E-state index contributed by atoms with van der Waals surface area (Å²) in [7, 11) is 3.10. The molecule has 0 bridgehead atoms. The molecule has 7 nitrogen and oxygen atoms in total. The van der Waals surface area contributed by atoms with Crippen molar-refractivity contribution in [1.82, 2.24) is 10.2 Å². The van der Waals surface area contributed by atoms with Crippen molar-refractivity contribution < 1.29 is 19.5 Å². The van der Waals surface area contributed by atoms with E-state index in [0.29, 0.717) is 12.8 Å². The number of hydrogen-bond acceptors (Lipinski definition) is 4. The number of nitrogens with zero attached hydrogens (tertiary/aromatic N) is 1. The third kappa shape index (κ3) is 14.9.